The Hall–Kier alpha value is -1.11. The molecule has 1 aliphatic rings. The van der Waals surface area contributed by atoms with Crippen LogP contribution in [-0.2, 0) is 14.4 Å². The van der Waals surface area contributed by atoms with Gasteiger partial charge in [0.25, 0.3) is 10.0 Å². The van der Waals surface area contributed by atoms with Crippen LogP contribution in [0.2, 0.25) is 18.1 Å². The smallest absolute Gasteiger partial charge is 0.263 e. The molecule has 0 aromatic heterocycles. The van der Waals surface area contributed by atoms with Crippen molar-refractivity contribution in [3.05, 3.63) is 42.1 Å². The maximum Gasteiger partial charge on any atom is 0.263 e. The molecule has 6 heteroatoms. The van der Waals surface area contributed by atoms with Gasteiger partial charge in [0.2, 0.25) is 0 Å². The molecule has 25 heavy (non-hydrogen) atoms. The SMILES string of the molecule is Cc1ccc(S(=O)(=O)N2C=CC(CCO[Si](C)(C)C(C)(C)C)C2)cc1. The third-order valence-corrected chi connectivity index (χ3v) is 11.6. The second kappa shape index (κ2) is 7.25. The molecule has 0 fully saturated rings. The maximum absolute atomic E-state index is 12.7. The number of hydrogen-bond donors (Lipinski definition) is 0. The molecule has 0 spiro atoms. The summed E-state index contributed by atoms with van der Waals surface area (Å²) in [6.45, 7) is 14.3. The zero-order valence-corrected chi connectivity index (χ0v) is 18.1. The topological polar surface area (TPSA) is 46.6 Å². The number of nitrogens with zero attached hydrogens (tertiary/aromatic N) is 1. The van der Waals surface area contributed by atoms with Crippen molar-refractivity contribution in [2.45, 2.75) is 57.1 Å². The highest BCUT2D eigenvalue weighted by molar-refractivity contribution is 7.89. The number of aryl methyl sites for hydroxylation is 1. The van der Waals surface area contributed by atoms with Gasteiger partial charge >= 0.3 is 0 Å². The van der Waals surface area contributed by atoms with Gasteiger partial charge in [0.15, 0.2) is 8.32 Å². The lowest BCUT2D eigenvalue weighted by Crippen LogP contribution is -2.41. The van der Waals surface area contributed by atoms with Crippen LogP contribution < -0.4 is 0 Å². The van der Waals surface area contributed by atoms with Crippen LogP contribution in [-0.4, -0.2) is 34.2 Å². The second-order valence-corrected chi connectivity index (χ2v) is 15.1. The largest absolute Gasteiger partial charge is 0.417 e. The van der Waals surface area contributed by atoms with Gasteiger partial charge in [-0.15, -0.1) is 0 Å². The van der Waals surface area contributed by atoms with Crippen LogP contribution in [0.3, 0.4) is 0 Å². The lowest BCUT2D eigenvalue weighted by Gasteiger charge is -2.36. The van der Waals surface area contributed by atoms with E-state index in [4.69, 9.17) is 4.43 Å². The Balaban J connectivity index is 1.92. The van der Waals surface area contributed by atoms with Crippen LogP contribution in [0, 0.1) is 12.8 Å². The van der Waals surface area contributed by atoms with E-state index in [2.05, 4.69) is 33.9 Å². The van der Waals surface area contributed by atoms with Crippen LogP contribution in [0.25, 0.3) is 0 Å². The summed E-state index contributed by atoms with van der Waals surface area (Å²) in [7, 11) is -5.20. The van der Waals surface area contributed by atoms with E-state index in [0.717, 1.165) is 12.0 Å². The molecule has 0 radical (unpaired) electrons. The third kappa shape index (κ3) is 4.74. The normalized spacial score (nSPS) is 18.8. The lowest BCUT2D eigenvalue weighted by molar-refractivity contribution is 0.264. The Morgan fingerprint density at radius 3 is 2.36 bits per heavy atom. The molecule has 0 saturated carbocycles. The first kappa shape index (κ1) is 20.2. The minimum atomic E-state index is -3.45. The molecule has 1 aliphatic heterocycles. The van der Waals surface area contributed by atoms with Crippen molar-refractivity contribution in [1.82, 2.24) is 4.31 Å². The molecule has 0 aliphatic carbocycles. The molecular weight excluding hydrogens is 350 g/mol. The molecule has 4 nitrogen and oxygen atoms in total. The Kier molecular flexibility index (Phi) is 5.86. The first-order valence-electron chi connectivity index (χ1n) is 8.84. The van der Waals surface area contributed by atoms with Crippen molar-refractivity contribution in [1.29, 1.82) is 0 Å². The number of sulfonamides is 1. The zero-order valence-electron chi connectivity index (χ0n) is 16.2. The fourth-order valence-electron chi connectivity index (χ4n) is 2.46. The zero-order chi connectivity index (χ0) is 18.9. The summed E-state index contributed by atoms with van der Waals surface area (Å²) in [5.74, 6) is 0.213. The van der Waals surface area contributed by atoms with Gasteiger partial charge in [0.1, 0.15) is 0 Å². The molecule has 1 heterocycles. The molecule has 0 amide bonds. The first-order chi connectivity index (χ1) is 11.4. The molecule has 1 atom stereocenters. The van der Waals surface area contributed by atoms with Gasteiger partial charge in [0.05, 0.1) is 4.90 Å². The van der Waals surface area contributed by atoms with Crippen LogP contribution in [0.5, 0.6) is 0 Å². The summed E-state index contributed by atoms with van der Waals surface area (Å²) < 4.78 is 33.1. The summed E-state index contributed by atoms with van der Waals surface area (Å²) in [5.41, 5.74) is 1.05. The maximum atomic E-state index is 12.7. The van der Waals surface area contributed by atoms with Crippen LogP contribution in [0.1, 0.15) is 32.8 Å². The number of benzene rings is 1. The monoisotopic (exact) mass is 381 g/mol. The third-order valence-electron chi connectivity index (χ3n) is 5.32. The van der Waals surface area contributed by atoms with E-state index in [9.17, 15) is 8.42 Å². The summed E-state index contributed by atoms with van der Waals surface area (Å²) >= 11 is 0. The highest BCUT2D eigenvalue weighted by Gasteiger charge is 2.37. The van der Waals surface area contributed by atoms with E-state index in [0.29, 0.717) is 18.0 Å². The van der Waals surface area contributed by atoms with Crippen molar-refractivity contribution in [2.24, 2.45) is 5.92 Å². The molecule has 1 unspecified atom stereocenters. The van der Waals surface area contributed by atoms with Crippen molar-refractivity contribution in [3.8, 4) is 0 Å². The molecule has 1 aromatic rings. The molecule has 140 valence electrons. The first-order valence-corrected chi connectivity index (χ1v) is 13.2. The molecule has 0 saturated heterocycles. The molecule has 0 bridgehead atoms. The van der Waals surface area contributed by atoms with Crippen LogP contribution in [0.4, 0.5) is 0 Å². The Morgan fingerprint density at radius 1 is 1.20 bits per heavy atom. The van der Waals surface area contributed by atoms with Gasteiger partial charge in [-0.2, -0.15) is 0 Å². The second-order valence-electron chi connectivity index (χ2n) is 8.39. The van der Waals surface area contributed by atoms with E-state index >= 15 is 0 Å². The predicted molar refractivity (Wildman–Crippen MR) is 105 cm³/mol. The fourth-order valence-corrected chi connectivity index (χ4v) is 4.89. The number of hydrogen-bond acceptors (Lipinski definition) is 3. The lowest BCUT2D eigenvalue weighted by atomic mass is 10.1. The van der Waals surface area contributed by atoms with Crippen molar-refractivity contribution < 1.29 is 12.8 Å². The van der Waals surface area contributed by atoms with Crippen molar-refractivity contribution >= 4 is 18.3 Å². The van der Waals surface area contributed by atoms with E-state index in [1.807, 2.05) is 25.1 Å². The van der Waals surface area contributed by atoms with Gasteiger partial charge < -0.3 is 4.43 Å². The van der Waals surface area contributed by atoms with Crippen molar-refractivity contribution in [2.75, 3.05) is 13.2 Å². The van der Waals surface area contributed by atoms with Crippen molar-refractivity contribution in [3.63, 3.8) is 0 Å². The molecule has 2 rings (SSSR count). The van der Waals surface area contributed by atoms with Crippen LogP contribution >= 0.6 is 0 Å². The van der Waals surface area contributed by atoms with E-state index in [1.165, 1.54) is 4.31 Å². The Bertz CT molecular complexity index is 718. The predicted octanol–water partition coefficient (Wildman–Crippen LogP) is 4.54. The van der Waals surface area contributed by atoms with E-state index in [-0.39, 0.29) is 11.0 Å². The molecule has 1 aromatic carbocycles. The molecule has 0 N–H and O–H groups in total. The summed E-state index contributed by atoms with van der Waals surface area (Å²) in [6, 6.07) is 7.01. The standard InChI is InChI=1S/C19H31NO3SSi/c1-16-7-9-18(10-8-16)24(21,22)20-13-11-17(15-20)12-14-23-25(5,6)19(2,3)4/h7-11,13,17H,12,14-15H2,1-6H3. The molecular formula is C19H31NO3SSi. The van der Waals surface area contributed by atoms with Gasteiger partial charge in [-0.3, -0.25) is 4.31 Å². The minimum absolute atomic E-state index is 0.194. The highest BCUT2D eigenvalue weighted by Crippen LogP contribution is 2.37. The average Bonchev–Trinajstić information content (AvgIpc) is 2.96. The quantitative estimate of drug-likeness (QED) is 0.680. The highest BCUT2D eigenvalue weighted by atomic mass is 32.2. The minimum Gasteiger partial charge on any atom is -0.417 e. The summed E-state index contributed by atoms with van der Waals surface area (Å²) in [6.07, 6.45) is 4.54. The van der Waals surface area contributed by atoms with Crippen LogP contribution in [0.15, 0.2) is 41.4 Å². The van der Waals surface area contributed by atoms with Gasteiger partial charge in [-0.25, -0.2) is 8.42 Å². The van der Waals surface area contributed by atoms with Gasteiger partial charge in [-0.1, -0.05) is 44.5 Å². The van der Waals surface area contributed by atoms with E-state index < -0.39 is 18.3 Å². The number of rotatable bonds is 6. The summed E-state index contributed by atoms with van der Waals surface area (Å²) in [5, 5.41) is 0.194. The fraction of sp³-hybridized carbons (Fsp3) is 0.579. The average molecular weight is 382 g/mol. The van der Waals surface area contributed by atoms with Gasteiger partial charge in [0, 0.05) is 19.4 Å². The Morgan fingerprint density at radius 2 is 1.80 bits per heavy atom. The Labute approximate surface area is 154 Å². The van der Waals surface area contributed by atoms with E-state index in [1.54, 1.807) is 18.3 Å². The summed E-state index contributed by atoms with van der Waals surface area (Å²) in [4.78, 5) is 0.348. The van der Waals surface area contributed by atoms with Gasteiger partial charge in [-0.05, 0) is 49.5 Å².